The van der Waals surface area contributed by atoms with Crippen molar-refractivity contribution in [2.24, 2.45) is 0 Å². The summed E-state index contributed by atoms with van der Waals surface area (Å²) in [5, 5.41) is 8.64. The van der Waals surface area contributed by atoms with E-state index in [4.69, 9.17) is 15.7 Å². The lowest BCUT2D eigenvalue weighted by molar-refractivity contribution is 0.287. The molecule has 0 aliphatic rings. The second-order valence-electron chi connectivity index (χ2n) is 4.45. The van der Waals surface area contributed by atoms with Crippen molar-refractivity contribution in [2.75, 3.05) is 12.3 Å². The lowest BCUT2D eigenvalue weighted by Gasteiger charge is -2.09. The number of aromatic nitrogens is 1. The Morgan fingerprint density at radius 3 is 2.86 bits per heavy atom. The Balaban J connectivity index is 1.89. The molecule has 1 heterocycles. The summed E-state index contributed by atoms with van der Waals surface area (Å²) in [5.41, 5.74) is 6.21. The first kappa shape index (κ1) is 14.6. The molecule has 5 nitrogen and oxygen atoms in total. The van der Waals surface area contributed by atoms with Crippen molar-refractivity contribution in [3.8, 4) is 11.8 Å². The van der Waals surface area contributed by atoms with E-state index in [1.54, 1.807) is 12.3 Å². The maximum absolute atomic E-state index is 13.6. The van der Waals surface area contributed by atoms with Crippen LogP contribution in [0.4, 0.5) is 10.1 Å². The van der Waals surface area contributed by atoms with E-state index in [-0.39, 0.29) is 23.5 Å². The van der Waals surface area contributed by atoms with Gasteiger partial charge >= 0.3 is 0 Å². The van der Waals surface area contributed by atoms with Crippen LogP contribution in [-0.2, 0) is 6.54 Å². The van der Waals surface area contributed by atoms with Gasteiger partial charge in [-0.2, -0.15) is 5.26 Å². The molecule has 0 atom stereocenters. The second kappa shape index (κ2) is 6.57. The number of pyridine rings is 1. The van der Waals surface area contributed by atoms with Gasteiger partial charge in [0.15, 0.2) is 11.6 Å². The molecule has 0 unspecified atom stereocenters. The number of hydrogen-bond donors (Lipinski definition) is 1. The average Bonchev–Trinajstić information content (AvgIpc) is 2.48. The number of hydrogen-bond acceptors (Lipinski definition) is 4. The molecule has 2 aromatic rings. The fraction of sp³-hybridized carbons (Fsp3) is 0.200. The highest BCUT2D eigenvalue weighted by Gasteiger charge is 2.04. The van der Waals surface area contributed by atoms with Crippen molar-refractivity contribution < 1.29 is 9.13 Å². The maximum Gasteiger partial charge on any atom is 0.250 e. The van der Waals surface area contributed by atoms with Gasteiger partial charge in [-0.05, 0) is 30.7 Å². The lowest BCUT2D eigenvalue weighted by Crippen LogP contribution is -2.20. The minimum absolute atomic E-state index is 0.0916. The van der Waals surface area contributed by atoms with Gasteiger partial charge in [0.2, 0.25) is 0 Å². The molecule has 0 spiro atoms. The van der Waals surface area contributed by atoms with Crippen molar-refractivity contribution in [2.45, 2.75) is 13.0 Å². The molecule has 6 heteroatoms. The molecule has 0 fully saturated rings. The van der Waals surface area contributed by atoms with Gasteiger partial charge in [0.1, 0.15) is 0 Å². The molecule has 2 N–H and O–H groups in total. The molecule has 21 heavy (non-hydrogen) atoms. The van der Waals surface area contributed by atoms with Crippen molar-refractivity contribution in [1.29, 1.82) is 5.26 Å². The van der Waals surface area contributed by atoms with Crippen LogP contribution in [0.25, 0.3) is 0 Å². The zero-order chi connectivity index (χ0) is 15.2. The number of nitrogen functional groups attached to an aromatic ring is 1. The molecule has 0 aliphatic heterocycles. The summed E-state index contributed by atoms with van der Waals surface area (Å²) in [4.78, 5) is 11.5. The van der Waals surface area contributed by atoms with Crippen molar-refractivity contribution in [3.05, 3.63) is 58.3 Å². The molecule has 0 radical (unpaired) electrons. The first-order chi connectivity index (χ1) is 10.1. The fourth-order valence-corrected chi connectivity index (χ4v) is 1.83. The van der Waals surface area contributed by atoms with Gasteiger partial charge in [0, 0.05) is 24.5 Å². The lowest BCUT2D eigenvalue weighted by atomic mass is 10.2. The van der Waals surface area contributed by atoms with Crippen LogP contribution in [0.2, 0.25) is 0 Å². The number of nitriles is 1. The quantitative estimate of drug-likeness (QED) is 0.852. The zero-order valence-corrected chi connectivity index (χ0v) is 11.3. The SMILES string of the molecule is N#Cc1ccc(OCCCn2cc(N)ccc2=O)c(F)c1. The minimum Gasteiger partial charge on any atom is -0.490 e. The molecule has 1 aromatic heterocycles. The molecular formula is C15H14FN3O2. The van der Waals surface area contributed by atoms with E-state index in [0.29, 0.717) is 18.7 Å². The van der Waals surface area contributed by atoms with Crippen LogP contribution in [0.3, 0.4) is 0 Å². The number of halogens is 1. The average molecular weight is 287 g/mol. The predicted octanol–water partition coefficient (Wildman–Crippen LogP) is 1.91. The van der Waals surface area contributed by atoms with Crippen LogP contribution < -0.4 is 16.0 Å². The van der Waals surface area contributed by atoms with Gasteiger partial charge in [0.05, 0.1) is 18.2 Å². The van der Waals surface area contributed by atoms with Crippen LogP contribution in [0.1, 0.15) is 12.0 Å². The number of rotatable bonds is 5. The highest BCUT2D eigenvalue weighted by atomic mass is 19.1. The maximum atomic E-state index is 13.6. The predicted molar refractivity (Wildman–Crippen MR) is 76.3 cm³/mol. The molecule has 0 saturated heterocycles. The van der Waals surface area contributed by atoms with Crippen LogP contribution in [0, 0.1) is 17.1 Å². The number of aryl methyl sites for hydroxylation is 1. The number of ether oxygens (including phenoxy) is 1. The normalized spacial score (nSPS) is 10.1. The largest absolute Gasteiger partial charge is 0.490 e. The summed E-state index contributed by atoms with van der Waals surface area (Å²) in [6.45, 7) is 0.686. The second-order valence-corrected chi connectivity index (χ2v) is 4.45. The Morgan fingerprint density at radius 1 is 1.33 bits per heavy atom. The van der Waals surface area contributed by atoms with Gasteiger partial charge in [-0.15, -0.1) is 0 Å². The van der Waals surface area contributed by atoms with E-state index >= 15 is 0 Å². The fourth-order valence-electron chi connectivity index (χ4n) is 1.83. The third kappa shape index (κ3) is 3.83. The monoisotopic (exact) mass is 287 g/mol. The topological polar surface area (TPSA) is 81.0 Å². The molecule has 0 amide bonds. The highest BCUT2D eigenvalue weighted by molar-refractivity contribution is 5.36. The standard InChI is InChI=1S/C15H14FN3O2/c16-13-8-11(9-17)2-4-14(13)21-7-1-6-19-10-12(18)3-5-15(19)20/h2-5,8,10H,1,6-7,18H2. The molecule has 0 saturated carbocycles. The number of nitrogens with zero attached hydrogens (tertiary/aromatic N) is 2. The van der Waals surface area contributed by atoms with E-state index in [1.807, 2.05) is 6.07 Å². The summed E-state index contributed by atoms with van der Waals surface area (Å²) >= 11 is 0. The highest BCUT2D eigenvalue weighted by Crippen LogP contribution is 2.18. The summed E-state index contributed by atoms with van der Waals surface area (Å²) in [6, 6.07) is 8.82. The molecule has 0 aliphatic carbocycles. The zero-order valence-electron chi connectivity index (χ0n) is 11.3. The van der Waals surface area contributed by atoms with Gasteiger partial charge in [0.25, 0.3) is 5.56 Å². The molecule has 0 bridgehead atoms. The van der Waals surface area contributed by atoms with Crippen LogP contribution >= 0.6 is 0 Å². The van der Waals surface area contributed by atoms with Gasteiger partial charge in [-0.25, -0.2) is 4.39 Å². The smallest absolute Gasteiger partial charge is 0.250 e. The van der Waals surface area contributed by atoms with Gasteiger partial charge < -0.3 is 15.0 Å². The molecule has 1 aromatic carbocycles. The first-order valence-corrected chi connectivity index (χ1v) is 6.38. The number of benzene rings is 1. The molecule has 108 valence electrons. The van der Waals surface area contributed by atoms with Crippen LogP contribution in [0.5, 0.6) is 5.75 Å². The Kier molecular flexibility index (Phi) is 4.57. The number of nitrogens with two attached hydrogens (primary N) is 1. The van der Waals surface area contributed by atoms with E-state index in [2.05, 4.69) is 0 Å². The van der Waals surface area contributed by atoms with E-state index in [9.17, 15) is 9.18 Å². The summed E-state index contributed by atoms with van der Waals surface area (Å²) in [7, 11) is 0. The van der Waals surface area contributed by atoms with Crippen LogP contribution in [0.15, 0.2) is 41.3 Å². The summed E-state index contributed by atoms with van der Waals surface area (Å²) in [5.74, 6) is -0.482. The summed E-state index contributed by atoms with van der Waals surface area (Å²) in [6.07, 6.45) is 2.09. The van der Waals surface area contributed by atoms with Crippen molar-refractivity contribution >= 4 is 5.69 Å². The Bertz CT molecular complexity index is 734. The number of anilines is 1. The first-order valence-electron chi connectivity index (χ1n) is 6.38. The Morgan fingerprint density at radius 2 is 2.14 bits per heavy atom. The minimum atomic E-state index is -0.574. The van der Waals surface area contributed by atoms with Gasteiger partial charge in [-0.1, -0.05) is 0 Å². The Labute approximate surface area is 121 Å². The van der Waals surface area contributed by atoms with Crippen LogP contribution in [-0.4, -0.2) is 11.2 Å². The molecule has 2 rings (SSSR count). The summed E-state index contributed by atoms with van der Waals surface area (Å²) < 4.78 is 20.3. The van der Waals surface area contributed by atoms with Crippen molar-refractivity contribution in [1.82, 2.24) is 4.57 Å². The van der Waals surface area contributed by atoms with E-state index < -0.39 is 5.82 Å². The van der Waals surface area contributed by atoms with E-state index in [0.717, 1.165) is 6.07 Å². The van der Waals surface area contributed by atoms with Crippen molar-refractivity contribution in [3.63, 3.8) is 0 Å². The third-order valence-corrected chi connectivity index (χ3v) is 2.87. The molecular weight excluding hydrogens is 273 g/mol. The third-order valence-electron chi connectivity index (χ3n) is 2.87. The van der Waals surface area contributed by atoms with Gasteiger partial charge in [-0.3, -0.25) is 4.79 Å². The Hall–Kier alpha value is -2.81. The van der Waals surface area contributed by atoms with E-state index in [1.165, 1.54) is 22.8 Å².